The Morgan fingerprint density at radius 1 is 1.50 bits per heavy atom. The fourth-order valence-electron chi connectivity index (χ4n) is 2.62. The highest BCUT2D eigenvalue weighted by Crippen LogP contribution is 2.31. The molecule has 0 saturated carbocycles. The molecular weight excluding hydrogens is 362 g/mol. The van der Waals surface area contributed by atoms with Crippen LogP contribution in [0.4, 0.5) is 9.80 Å². The lowest BCUT2D eigenvalue weighted by Crippen LogP contribution is -2.48. The largest absolute Gasteiger partial charge is 0.481 e. The van der Waals surface area contributed by atoms with Gasteiger partial charge in [0, 0.05) is 20.1 Å². The molecule has 26 heavy (non-hydrogen) atoms. The molecule has 0 aliphatic carbocycles. The number of ether oxygens (including phenoxy) is 1. The van der Waals surface area contributed by atoms with Gasteiger partial charge in [-0.1, -0.05) is 6.92 Å². The van der Waals surface area contributed by atoms with E-state index >= 15 is 0 Å². The molecule has 2 N–H and O–H groups in total. The molecule has 1 aliphatic heterocycles. The van der Waals surface area contributed by atoms with Gasteiger partial charge in [0.2, 0.25) is 5.91 Å². The number of methoxy groups -OCH3 is 1. The van der Waals surface area contributed by atoms with Crippen LogP contribution in [-0.2, 0) is 14.3 Å². The van der Waals surface area contributed by atoms with Gasteiger partial charge in [0.15, 0.2) is 0 Å². The van der Waals surface area contributed by atoms with Gasteiger partial charge in [-0.15, -0.1) is 11.3 Å². The molecule has 9 nitrogen and oxygen atoms in total. The molecule has 10 heteroatoms. The second-order valence-corrected chi connectivity index (χ2v) is 6.93. The maximum absolute atomic E-state index is 12.6. The first-order chi connectivity index (χ1) is 12.3. The van der Waals surface area contributed by atoms with Crippen LogP contribution in [0, 0.1) is 5.92 Å². The van der Waals surface area contributed by atoms with Crippen LogP contribution < -0.4 is 10.2 Å². The van der Waals surface area contributed by atoms with Crippen molar-refractivity contribution in [1.82, 2.24) is 10.2 Å². The van der Waals surface area contributed by atoms with Crippen molar-refractivity contribution in [1.29, 1.82) is 0 Å². The van der Waals surface area contributed by atoms with Crippen LogP contribution in [0.1, 0.15) is 23.7 Å². The van der Waals surface area contributed by atoms with Gasteiger partial charge in [-0.25, -0.2) is 9.59 Å². The molecule has 0 spiro atoms. The van der Waals surface area contributed by atoms with Gasteiger partial charge in [0.25, 0.3) is 0 Å². The second-order valence-electron chi connectivity index (χ2n) is 6.03. The number of carboxylic acid groups (broad SMARTS) is 1. The summed E-state index contributed by atoms with van der Waals surface area (Å²) in [7, 11) is 2.74. The summed E-state index contributed by atoms with van der Waals surface area (Å²) in [6.07, 6.45) is 0.394. The third-order valence-electron chi connectivity index (χ3n) is 4.11. The Bertz CT molecular complexity index is 719. The normalized spacial score (nSPS) is 17.7. The van der Waals surface area contributed by atoms with E-state index in [1.807, 2.05) is 0 Å². The predicted molar refractivity (Wildman–Crippen MR) is 94.4 cm³/mol. The molecule has 2 heterocycles. The summed E-state index contributed by atoms with van der Waals surface area (Å²) in [6.45, 7) is 1.90. The Morgan fingerprint density at radius 2 is 2.19 bits per heavy atom. The molecular formula is C16H21N3O6S. The van der Waals surface area contributed by atoms with Crippen molar-refractivity contribution in [3.05, 3.63) is 17.0 Å². The highest BCUT2D eigenvalue weighted by atomic mass is 32.1. The molecule has 1 aromatic rings. The molecule has 1 aromatic heterocycles. The highest BCUT2D eigenvalue weighted by molar-refractivity contribution is 7.14. The topological polar surface area (TPSA) is 116 Å². The number of anilines is 1. The number of rotatable bonds is 6. The van der Waals surface area contributed by atoms with Crippen LogP contribution in [0.3, 0.4) is 0 Å². The Morgan fingerprint density at radius 3 is 2.81 bits per heavy atom. The zero-order valence-electron chi connectivity index (χ0n) is 14.7. The molecule has 0 aromatic carbocycles. The van der Waals surface area contributed by atoms with Gasteiger partial charge >= 0.3 is 18.0 Å². The predicted octanol–water partition coefficient (Wildman–Crippen LogP) is 1.00. The number of aliphatic carboxylic acids is 1. The van der Waals surface area contributed by atoms with E-state index in [-0.39, 0.29) is 12.5 Å². The zero-order chi connectivity index (χ0) is 19.4. The van der Waals surface area contributed by atoms with Crippen LogP contribution in [0.2, 0.25) is 0 Å². The van der Waals surface area contributed by atoms with Crippen molar-refractivity contribution in [3.8, 4) is 0 Å². The summed E-state index contributed by atoms with van der Waals surface area (Å²) in [6, 6.07) is 0.349. The summed E-state index contributed by atoms with van der Waals surface area (Å²) in [4.78, 5) is 50.2. The summed E-state index contributed by atoms with van der Waals surface area (Å²) in [5.74, 6) is -2.55. The molecule has 3 amide bonds. The lowest BCUT2D eigenvalue weighted by Gasteiger charge is -2.22. The number of esters is 1. The number of nitrogens with one attached hydrogen (secondary N) is 1. The number of hydrogen-bond acceptors (Lipinski definition) is 6. The van der Waals surface area contributed by atoms with Crippen LogP contribution >= 0.6 is 11.3 Å². The van der Waals surface area contributed by atoms with Gasteiger partial charge in [-0.05, 0) is 17.9 Å². The monoisotopic (exact) mass is 383 g/mol. The molecule has 0 radical (unpaired) electrons. The van der Waals surface area contributed by atoms with Crippen LogP contribution in [0.5, 0.6) is 0 Å². The van der Waals surface area contributed by atoms with Gasteiger partial charge < -0.3 is 25.0 Å². The SMILES string of the molecule is COC(=O)c1ccsc1N1CCC(NC(=O)N(C)CC(C)C(=O)O)C1=O. The lowest BCUT2D eigenvalue weighted by molar-refractivity contribution is -0.141. The van der Waals surface area contributed by atoms with Crippen molar-refractivity contribution in [3.63, 3.8) is 0 Å². The highest BCUT2D eigenvalue weighted by Gasteiger charge is 2.36. The molecule has 2 atom stereocenters. The minimum Gasteiger partial charge on any atom is -0.481 e. The summed E-state index contributed by atoms with van der Waals surface area (Å²) < 4.78 is 4.71. The van der Waals surface area contributed by atoms with E-state index in [9.17, 15) is 19.2 Å². The third kappa shape index (κ3) is 4.13. The van der Waals surface area contributed by atoms with Gasteiger partial charge in [-0.2, -0.15) is 0 Å². The molecule has 142 valence electrons. The number of nitrogens with zero attached hydrogens (tertiary/aromatic N) is 2. The van der Waals surface area contributed by atoms with Crippen molar-refractivity contribution >= 4 is 40.2 Å². The fraction of sp³-hybridized carbons (Fsp3) is 0.500. The van der Waals surface area contributed by atoms with E-state index in [1.54, 1.807) is 11.4 Å². The van der Waals surface area contributed by atoms with E-state index in [0.29, 0.717) is 23.5 Å². The Balaban J connectivity index is 2.01. The molecule has 1 fully saturated rings. The number of carbonyl (C=O) groups excluding carboxylic acids is 3. The summed E-state index contributed by atoms with van der Waals surface area (Å²) in [5.41, 5.74) is 0.310. The standard InChI is InChI=1S/C16H21N3O6S/c1-9(14(21)22)8-18(2)16(24)17-11-4-6-19(12(11)20)13-10(5-7-26-13)15(23)25-3/h5,7,9,11H,4,6,8H2,1-3H3,(H,17,24)(H,21,22). The van der Waals surface area contributed by atoms with E-state index in [2.05, 4.69) is 5.32 Å². The molecule has 2 rings (SSSR count). The minimum atomic E-state index is -0.999. The lowest BCUT2D eigenvalue weighted by atomic mass is 10.2. The number of urea groups is 1. The zero-order valence-corrected chi connectivity index (χ0v) is 15.5. The van der Waals surface area contributed by atoms with Crippen molar-refractivity contribution in [2.75, 3.05) is 32.1 Å². The first kappa shape index (κ1) is 19.7. The van der Waals surface area contributed by atoms with Crippen molar-refractivity contribution in [2.24, 2.45) is 5.92 Å². The van der Waals surface area contributed by atoms with Gasteiger partial charge in [-0.3, -0.25) is 9.59 Å². The molecule has 1 aliphatic rings. The number of carboxylic acids is 1. The summed E-state index contributed by atoms with van der Waals surface area (Å²) >= 11 is 1.25. The third-order valence-corrected chi connectivity index (χ3v) is 5.05. The van der Waals surface area contributed by atoms with E-state index in [0.717, 1.165) is 0 Å². The average molecular weight is 383 g/mol. The fourth-order valence-corrected chi connectivity index (χ4v) is 3.54. The first-order valence-corrected chi connectivity index (χ1v) is 8.85. The van der Waals surface area contributed by atoms with E-state index < -0.39 is 29.9 Å². The molecule has 0 bridgehead atoms. The van der Waals surface area contributed by atoms with Crippen molar-refractivity contribution < 1.29 is 29.0 Å². The van der Waals surface area contributed by atoms with Gasteiger partial charge in [0.1, 0.15) is 11.0 Å². The van der Waals surface area contributed by atoms with Crippen LogP contribution in [-0.4, -0.2) is 67.2 Å². The van der Waals surface area contributed by atoms with Crippen molar-refractivity contribution in [2.45, 2.75) is 19.4 Å². The second kappa shape index (κ2) is 8.17. The van der Waals surface area contributed by atoms with E-state index in [4.69, 9.17) is 9.84 Å². The Labute approximate surface area is 154 Å². The summed E-state index contributed by atoms with van der Waals surface area (Å²) in [5, 5.41) is 13.7. The number of carbonyl (C=O) groups is 4. The number of thiophene rings is 1. The maximum atomic E-state index is 12.6. The smallest absolute Gasteiger partial charge is 0.340 e. The van der Waals surface area contributed by atoms with E-state index in [1.165, 1.54) is 42.2 Å². The molecule has 2 unspecified atom stereocenters. The van der Waals surface area contributed by atoms with Gasteiger partial charge in [0.05, 0.1) is 18.6 Å². The average Bonchev–Trinajstić information content (AvgIpc) is 3.21. The minimum absolute atomic E-state index is 0.0310. The quantitative estimate of drug-likeness (QED) is 0.708. The Kier molecular flexibility index (Phi) is 6.19. The first-order valence-electron chi connectivity index (χ1n) is 7.97. The van der Waals surface area contributed by atoms with Crippen LogP contribution in [0.25, 0.3) is 0 Å². The number of amides is 3. The maximum Gasteiger partial charge on any atom is 0.340 e. The van der Waals surface area contributed by atoms with Crippen LogP contribution in [0.15, 0.2) is 11.4 Å². The number of hydrogen-bond donors (Lipinski definition) is 2. The molecule has 1 saturated heterocycles. The Hall–Kier alpha value is -2.62.